The molecule has 9 heteroatoms. The molecule has 3 aliphatic rings. The maximum atomic E-state index is 15.5. The number of rotatable bonds is 8. The third-order valence-electron chi connectivity index (χ3n) is 9.41. The number of carbonyl (C=O) groups is 1. The lowest BCUT2D eigenvalue weighted by molar-refractivity contribution is -0.143. The number of likely N-dealkylation sites (tertiary alicyclic amines) is 1. The van der Waals surface area contributed by atoms with E-state index in [1.54, 1.807) is 24.3 Å². The van der Waals surface area contributed by atoms with Crippen LogP contribution in [-0.4, -0.2) is 59.8 Å². The summed E-state index contributed by atoms with van der Waals surface area (Å²) in [4.78, 5) is 18.5. The fraction of sp³-hybridized carbons (Fsp3) is 0.471. The molecule has 4 heterocycles. The van der Waals surface area contributed by atoms with Gasteiger partial charge in [-0.15, -0.1) is 0 Å². The van der Waals surface area contributed by atoms with E-state index in [0.717, 1.165) is 62.9 Å². The standard InChI is InChI=1S/C34H39F2N3O4/c1-21-16-23(22-9-13-39(14-10-22)26-11-15-42-20-26)6-7-25(21)19-43-30-5-3-2-4-27(30)31-32(36)28(35)18-38-33(31)29-17-24(34(40)41)8-12-37-29/h2-7,16,18,22,24,26,29,37H,8-15,17,19-20H2,1H3,(H,40,41). The first-order valence-corrected chi connectivity index (χ1v) is 15.3. The third-order valence-corrected chi connectivity index (χ3v) is 9.41. The van der Waals surface area contributed by atoms with Gasteiger partial charge in [-0.1, -0.05) is 36.4 Å². The van der Waals surface area contributed by atoms with E-state index in [-0.39, 0.29) is 24.3 Å². The number of benzene rings is 2. The van der Waals surface area contributed by atoms with Crippen LogP contribution in [0.5, 0.6) is 5.75 Å². The molecule has 0 bridgehead atoms. The topological polar surface area (TPSA) is 83.9 Å². The predicted octanol–water partition coefficient (Wildman–Crippen LogP) is 6.01. The molecule has 2 aromatic carbocycles. The number of halogens is 2. The van der Waals surface area contributed by atoms with Gasteiger partial charge in [-0.2, -0.15) is 0 Å². The van der Waals surface area contributed by atoms with Crippen LogP contribution < -0.4 is 10.1 Å². The van der Waals surface area contributed by atoms with E-state index >= 15 is 4.39 Å². The summed E-state index contributed by atoms with van der Waals surface area (Å²) in [5, 5.41) is 12.8. The van der Waals surface area contributed by atoms with Gasteiger partial charge in [0.1, 0.15) is 12.4 Å². The van der Waals surface area contributed by atoms with Crippen molar-refractivity contribution >= 4 is 5.97 Å². The minimum absolute atomic E-state index is 0.00159. The van der Waals surface area contributed by atoms with Gasteiger partial charge in [0.2, 0.25) is 0 Å². The van der Waals surface area contributed by atoms with Crippen LogP contribution in [0.3, 0.4) is 0 Å². The smallest absolute Gasteiger partial charge is 0.306 e. The number of aromatic nitrogens is 1. The molecule has 3 fully saturated rings. The lowest BCUT2D eigenvalue weighted by Crippen LogP contribution is -2.41. The average Bonchev–Trinajstić information content (AvgIpc) is 3.57. The number of pyridine rings is 1. The first kappa shape index (κ1) is 29.7. The summed E-state index contributed by atoms with van der Waals surface area (Å²) < 4.78 is 41.9. The van der Waals surface area contributed by atoms with E-state index in [1.807, 2.05) is 0 Å². The molecule has 0 aliphatic carbocycles. The highest BCUT2D eigenvalue weighted by molar-refractivity contribution is 5.74. The van der Waals surface area contributed by atoms with Crippen molar-refractivity contribution in [3.63, 3.8) is 0 Å². The second-order valence-electron chi connectivity index (χ2n) is 12.0. The summed E-state index contributed by atoms with van der Waals surface area (Å²) in [5.41, 5.74) is 4.17. The summed E-state index contributed by atoms with van der Waals surface area (Å²) in [6.07, 6.45) is 4.98. The number of aryl methyl sites for hydroxylation is 1. The first-order valence-electron chi connectivity index (χ1n) is 15.3. The van der Waals surface area contributed by atoms with Gasteiger partial charge in [-0.3, -0.25) is 14.7 Å². The fourth-order valence-corrected chi connectivity index (χ4v) is 6.85. The molecule has 228 valence electrons. The van der Waals surface area contributed by atoms with E-state index in [4.69, 9.17) is 9.47 Å². The van der Waals surface area contributed by atoms with E-state index in [2.05, 4.69) is 40.3 Å². The number of nitrogens with zero attached hydrogens (tertiary/aromatic N) is 2. The largest absolute Gasteiger partial charge is 0.488 e. The number of para-hydroxylation sites is 1. The average molecular weight is 592 g/mol. The molecule has 7 nitrogen and oxygen atoms in total. The van der Waals surface area contributed by atoms with Gasteiger partial charge in [0.15, 0.2) is 11.6 Å². The highest BCUT2D eigenvalue weighted by atomic mass is 19.2. The second kappa shape index (κ2) is 13.1. The van der Waals surface area contributed by atoms with Gasteiger partial charge < -0.3 is 19.9 Å². The zero-order valence-electron chi connectivity index (χ0n) is 24.5. The molecule has 2 N–H and O–H groups in total. The number of hydrogen-bond donors (Lipinski definition) is 2. The highest BCUT2D eigenvalue weighted by Crippen LogP contribution is 2.40. The zero-order valence-corrected chi connectivity index (χ0v) is 24.5. The van der Waals surface area contributed by atoms with Crippen LogP contribution in [-0.2, 0) is 16.1 Å². The van der Waals surface area contributed by atoms with Gasteiger partial charge in [0.05, 0.1) is 30.5 Å². The summed E-state index contributed by atoms with van der Waals surface area (Å²) in [5.74, 6) is -2.62. The molecule has 0 radical (unpaired) electrons. The van der Waals surface area contributed by atoms with Crippen molar-refractivity contribution in [3.05, 3.63) is 82.7 Å². The Hall–Kier alpha value is -3.40. The van der Waals surface area contributed by atoms with E-state index < -0.39 is 29.6 Å². The number of aliphatic carboxylic acids is 1. The van der Waals surface area contributed by atoms with Gasteiger partial charge in [0, 0.05) is 23.8 Å². The Balaban J connectivity index is 1.19. The number of carboxylic acid groups (broad SMARTS) is 1. The number of ether oxygens (including phenoxy) is 2. The van der Waals surface area contributed by atoms with Crippen molar-refractivity contribution in [2.75, 3.05) is 32.8 Å². The number of hydrogen-bond acceptors (Lipinski definition) is 6. The molecule has 43 heavy (non-hydrogen) atoms. The molecule has 3 aliphatic heterocycles. The SMILES string of the molecule is Cc1cc(C2CCN(C3CCOC3)CC2)ccc1COc1ccccc1-c1c(C2CC(C(=O)O)CCN2)ncc(F)c1F. The van der Waals surface area contributed by atoms with Gasteiger partial charge in [-0.25, -0.2) is 8.78 Å². The van der Waals surface area contributed by atoms with Gasteiger partial charge >= 0.3 is 5.97 Å². The minimum atomic E-state index is -1.06. The molecule has 3 atom stereocenters. The highest BCUT2D eigenvalue weighted by Gasteiger charge is 2.32. The normalized spacial score (nSPS) is 23.4. The van der Waals surface area contributed by atoms with Crippen molar-refractivity contribution in [1.82, 2.24) is 15.2 Å². The van der Waals surface area contributed by atoms with Crippen molar-refractivity contribution < 1.29 is 28.2 Å². The van der Waals surface area contributed by atoms with Gasteiger partial charge in [0.25, 0.3) is 0 Å². The van der Waals surface area contributed by atoms with E-state index in [1.165, 1.54) is 5.56 Å². The Morgan fingerprint density at radius 2 is 1.95 bits per heavy atom. The van der Waals surface area contributed by atoms with Crippen molar-refractivity contribution in [2.24, 2.45) is 5.92 Å². The molecule has 0 spiro atoms. The lowest BCUT2D eigenvalue weighted by atomic mass is 9.87. The Labute approximate surface area is 251 Å². The van der Waals surface area contributed by atoms with Crippen LogP contribution in [0.2, 0.25) is 0 Å². The van der Waals surface area contributed by atoms with E-state index in [9.17, 15) is 14.3 Å². The van der Waals surface area contributed by atoms with Crippen LogP contribution in [0, 0.1) is 24.5 Å². The number of nitrogens with one attached hydrogen (secondary N) is 1. The summed E-state index contributed by atoms with van der Waals surface area (Å²) in [7, 11) is 0. The molecule has 6 rings (SSSR count). The van der Waals surface area contributed by atoms with Crippen molar-refractivity contribution in [1.29, 1.82) is 0 Å². The van der Waals surface area contributed by atoms with Crippen molar-refractivity contribution in [2.45, 2.75) is 63.6 Å². The Kier molecular flexibility index (Phi) is 9.02. The molecule has 1 aromatic heterocycles. The van der Waals surface area contributed by atoms with Crippen LogP contribution in [0.4, 0.5) is 8.78 Å². The molecule has 3 aromatic rings. The molecule has 0 saturated carbocycles. The Morgan fingerprint density at radius 3 is 2.70 bits per heavy atom. The zero-order chi connectivity index (χ0) is 29.9. The maximum Gasteiger partial charge on any atom is 0.306 e. The number of piperidine rings is 2. The molecule has 3 unspecified atom stereocenters. The maximum absolute atomic E-state index is 15.5. The molecular weight excluding hydrogens is 552 g/mol. The first-order chi connectivity index (χ1) is 20.9. The lowest BCUT2D eigenvalue weighted by Gasteiger charge is -2.35. The fourth-order valence-electron chi connectivity index (χ4n) is 6.85. The minimum Gasteiger partial charge on any atom is -0.488 e. The summed E-state index contributed by atoms with van der Waals surface area (Å²) in [6, 6.07) is 13.6. The predicted molar refractivity (Wildman–Crippen MR) is 159 cm³/mol. The second-order valence-corrected chi connectivity index (χ2v) is 12.0. The monoisotopic (exact) mass is 591 g/mol. The van der Waals surface area contributed by atoms with Crippen LogP contribution in [0.1, 0.15) is 66.4 Å². The summed E-state index contributed by atoms with van der Waals surface area (Å²) in [6.45, 7) is 6.72. The van der Waals surface area contributed by atoms with Crippen molar-refractivity contribution in [3.8, 4) is 16.9 Å². The molecular formula is C34H39F2N3O4. The van der Waals surface area contributed by atoms with E-state index in [0.29, 0.717) is 36.2 Å². The third kappa shape index (κ3) is 6.44. The quantitative estimate of drug-likeness (QED) is 0.332. The molecule has 0 amide bonds. The van der Waals surface area contributed by atoms with Crippen LogP contribution >= 0.6 is 0 Å². The summed E-state index contributed by atoms with van der Waals surface area (Å²) >= 11 is 0. The Bertz CT molecular complexity index is 1450. The van der Waals surface area contributed by atoms with Crippen LogP contribution in [0.25, 0.3) is 11.1 Å². The van der Waals surface area contributed by atoms with Crippen LogP contribution in [0.15, 0.2) is 48.7 Å². The van der Waals surface area contributed by atoms with Gasteiger partial charge in [-0.05, 0) is 87.3 Å². The number of carboxylic acids is 1. The Morgan fingerprint density at radius 1 is 1.14 bits per heavy atom. The molecule has 3 saturated heterocycles.